The van der Waals surface area contributed by atoms with E-state index in [-0.39, 0.29) is 5.56 Å². The number of aliphatic hydroxyl groups is 1. The van der Waals surface area contributed by atoms with Crippen molar-refractivity contribution in [3.8, 4) is 5.88 Å². The summed E-state index contributed by atoms with van der Waals surface area (Å²) >= 11 is 3.54. The van der Waals surface area contributed by atoms with Crippen LogP contribution in [0.5, 0.6) is 5.88 Å². The Labute approximate surface area is 208 Å². The van der Waals surface area contributed by atoms with Crippen LogP contribution in [0.1, 0.15) is 29.0 Å². The van der Waals surface area contributed by atoms with Gasteiger partial charge in [0.2, 0.25) is 5.88 Å². The average molecular weight is 523 g/mol. The number of nitrogens with zero attached hydrogens (tertiary/aromatic N) is 2. The van der Waals surface area contributed by atoms with Gasteiger partial charge in [-0.05, 0) is 56.4 Å². The van der Waals surface area contributed by atoms with Crippen molar-refractivity contribution in [1.82, 2.24) is 9.88 Å². The van der Waals surface area contributed by atoms with Gasteiger partial charge in [0.25, 0.3) is 0 Å². The Balaban J connectivity index is 2.03. The molecule has 0 saturated heterocycles. The molecule has 0 bridgehead atoms. The number of rotatable bonds is 8. The predicted octanol–water partition coefficient (Wildman–Crippen LogP) is 6.12. The lowest BCUT2D eigenvalue weighted by Crippen LogP contribution is -2.38. The Morgan fingerprint density at radius 1 is 1.03 bits per heavy atom. The molecule has 176 valence electrons. The lowest BCUT2D eigenvalue weighted by Gasteiger charge is -2.39. The Morgan fingerprint density at radius 3 is 2.41 bits per heavy atom. The molecule has 0 aliphatic carbocycles. The predicted molar refractivity (Wildman–Crippen MR) is 138 cm³/mol. The zero-order valence-electron chi connectivity index (χ0n) is 19.5. The largest absolute Gasteiger partial charge is 0.481 e. The van der Waals surface area contributed by atoms with Crippen molar-refractivity contribution in [2.45, 2.75) is 17.9 Å². The van der Waals surface area contributed by atoms with Crippen molar-refractivity contribution in [3.05, 3.63) is 106 Å². The lowest BCUT2D eigenvalue weighted by molar-refractivity contribution is 0.000644. The van der Waals surface area contributed by atoms with Gasteiger partial charge < -0.3 is 14.7 Å². The van der Waals surface area contributed by atoms with Crippen LogP contribution in [0, 0.1) is 5.82 Å². The number of pyridine rings is 1. The van der Waals surface area contributed by atoms with Crippen molar-refractivity contribution in [1.29, 1.82) is 0 Å². The fourth-order valence-electron chi connectivity index (χ4n) is 4.52. The molecule has 6 heteroatoms. The molecule has 0 aliphatic heterocycles. The van der Waals surface area contributed by atoms with Crippen LogP contribution in [-0.2, 0) is 5.60 Å². The standard InChI is InChI=1S/C28H28BrFN2O2/c1-32(2)16-15-28(33,23-11-7-8-12-24(23)30)26(19-9-5-4-6-10-19)22-18-20-17-21(29)13-14-25(20)31-27(22)34-3/h4-14,17-18,26,33H,15-16H2,1-3H3. The van der Waals surface area contributed by atoms with Gasteiger partial charge in [-0.25, -0.2) is 9.37 Å². The summed E-state index contributed by atoms with van der Waals surface area (Å²) in [7, 11) is 5.45. The zero-order valence-corrected chi connectivity index (χ0v) is 21.1. The molecule has 34 heavy (non-hydrogen) atoms. The van der Waals surface area contributed by atoms with Gasteiger partial charge in [-0.1, -0.05) is 64.5 Å². The maximum Gasteiger partial charge on any atom is 0.217 e. The van der Waals surface area contributed by atoms with E-state index in [4.69, 9.17) is 9.72 Å². The molecule has 0 fully saturated rings. The smallest absolute Gasteiger partial charge is 0.217 e. The number of benzene rings is 3. The molecule has 0 aliphatic rings. The number of fused-ring (bicyclic) bond motifs is 1. The molecule has 0 saturated carbocycles. The van der Waals surface area contributed by atoms with Gasteiger partial charge in [0.15, 0.2) is 0 Å². The third kappa shape index (κ3) is 4.85. The summed E-state index contributed by atoms with van der Waals surface area (Å²) in [6.07, 6.45) is 0.306. The topological polar surface area (TPSA) is 45.6 Å². The van der Waals surface area contributed by atoms with Crippen LogP contribution < -0.4 is 4.74 Å². The van der Waals surface area contributed by atoms with Gasteiger partial charge in [-0.2, -0.15) is 0 Å². The Kier molecular flexibility index (Phi) is 7.31. The molecule has 2 unspecified atom stereocenters. The van der Waals surface area contributed by atoms with E-state index < -0.39 is 17.3 Å². The molecule has 1 aromatic heterocycles. The van der Waals surface area contributed by atoms with Crippen molar-refractivity contribution < 1.29 is 14.2 Å². The lowest BCUT2D eigenvalue weighted by atomic mass is 9.71. The first-order valence-corrected chi connectivity index (χ1v) is 11.9. The molecule has 4 nitrogen and oxygen atoms in total. The second-order valence-corrected chi connectivity index (χ2v) is 9.64. The molecule has 0 amide bonds. The SMILES string of the molecule is COc1nc2ccc(Br)cc2cc1C(c1ccccc1)C(O)(CCN(C)C)c1ccccc1F. The molecule has 4 rings (SSSR count). The second-order valence-electron chi connectivity index (χ2n) is 8.72. The van der Waals surface area contributed by atoms with Crippen LogP contribution in [0.15, 0.2) is 83.3 Å². The van der Waals surface area contributed by atoms with E-state index in [1.165, 1.54) is 6.07 Å². The maximum absolute atomic E-state index is 15.3. The molecule has 2 atom stereocenters. The van der Waals surface area contributed by atoms with E-state index >= 15 is 4.39 Å². The van der Waals surface area contributed by atoms with E-state index in [0.717, 1.165) is 20.9 Å². The van der Waals surface area contributed by atoms with E-state index in [1.807, 2.05) is 73.6 Å². The fourth-order valence-corrected chi connectivity index (χ4v) is 4.89. The van der Waals surface area contributed by atoms with Crippen LogP contribution in [0.2, 0.25) is 0 Å². The molecule has 3 aromatic carbocycles. The fraction of sp³-hybridized carbons (Fsp3) is 0.250. The summed E-state index contributed by atoms with van der Waals surface area (Å²) in [5, 5.41) is 13.4. The van der Waals surface area contributed by atoms with Gasteiger partial charge in [0, 0.05) is 33.4 Å². The third-order valence-corrected chi connectivity index (χ3v) is 6.66. The molecular formula is C28H28BrFN2O2. The van der Waals surface area contributed by atoms with Gasteiger partial charge in [-0.3, -0.25) is 0 Å². The summed E-state index contributed by atoms with van der Waals surface area (Å²) in [6, 6.07) is 24.0. The van der Waals surface area contributed by atoms with Crippen molar-refractivity contribution >= 4 is 26.8 Å². The highest BCUT2D eigenvalue weighted by molar-refractivity contribution is 9.10. The molecular weight excluding hydrogens is 495 g/mol. The monoisotopic (exact) mass is 522 g/mol. The van der Waals surface area contributed by atoms with E-state index in [2.05, 4.69) is 15.9 Å². The highest BCUT2D eigenvalue weighted by Gasteiger charge is 2.43. The first-order chi connectivity index (χ1) is 16.3. The first kappa shape index (κ1) is 24.3. The van der Waals surface area contributed by atoms with Gasteiger partial charge in [0.05, 0.1) is 12.6 Å². The summed E-state index contributed by atoms with van der Waals surface area (Å²) in [5.41, 5.74) is 1.01. The minimum Gasteiger partial charge on any atom is -0.481 e. The van der Waals surface area contributed by atoms with Crippen LogP contribution in [0.4, 0.5) is 4.39 Å². The van der Waals surface area contributed by atoms with E-state index in [1.54, 1.807) is 25.3 Å². The van der Waals surface area contributed by atoms with Crippen molar-refractivity contribution in [2.24, 2.45) is 0 Å². The number of aromatic nitrogens is 1. The van der Waals surface area contributed by atoms with Gasteiger partial charge in [-0.15, -0.1) is 0 Å². The van der Waals surface area contributed by atoms with Crippen LogP contribution in [0.3, 0.4) is 0 Å². The number of methoxy groups -OCH3 is 1. The van der Waals surface area contributed by atoms with E-state index in [0.29, 0.717) is 24.4 Å². The summed E-state index contributed by atoms with van der Waals surface area (Å²) < 4.78 is 21.9. The highest BCUT2D eigenvalue weighted by Crippen LogP contribution is 2.48. The molecule has 1 N–H and O–H groups in total. The highest BCUT2D eigenvalue weighted by atomic mass is 79.9. The molecule has 0 spiro atoms. The van der Waals surface area contributed by atoms with Gasteiger partial charge >= 0.3 is 0 Å². The normalized spacial score (nSPS) is 14.2. The number of hydrogen-bond donors (Lipinski definition) is 1. The second kappa shape index (κ2) is 10.2. The first-order valence-electron chi connectivity index (χ1n) is 11.1. The quantitative estimate of drug-likeness (QED) is 0.303. The summed E-state index contributed by atoms with van der Waals surface area (Å²) in [5.74, 6) is -0.667. The Hall–Kier alpha value is -2.80. The van der Waals surface area contributed by atoms with Crippen molar-refractivity contribution in [3.63, 3.8) is 0 Å². The number of halogens is 2. The minimum atomic E-state index is -1.56. The Bertz CT molecular complexity index is 1280. The number of hydrogen-bond acceptors (Lipinski definition) is 4. The summed E-state index contributed by atoms with van der Waals surface area (Å²) in [6.45, 7) is 0.559. The molecule has 0 radical (unpaired) electrons. The third-order valence-electron chi connectivity index (χ3n) is 6.16. The van der Waals surface area contributed by atoms with Crippen LogP contribution in [-0.4, -0.2) is 42.7 Å². The van der Waals surface area contributed by atoms with Crippen molar-refractivity contribution in [2.75, 3.05) is 27.7 Å². The molecule has 4 aromatic rings. The van der Waals surface area contributed by atoms with Gasteiger partial charge in [0.1, 0.15) is 11.4 Å². The number of ether oxygens (including phenoxy) is 1. The zero-order chi connectivity index (χ0) is 24.3. The average Bonchev–Trinajstić information content (AvgIpc) is 2.83. The molecule has 1 heterocycles. The maximum atomic E-state index is 15.3. The van der Waals surface area contributed by atoms with E-state index in [9.17, 15) is 5.11 Å². The minimum absolute atomic E-state index is 0.252. The van der Waals surface area contributed by atoms with Crippen LogP contribution >= 0.6 is 15.9 Å². The Morgan fingerprint density at radius 2 is 1.74 bits per heavy atom. The summed E-state index contributed by atoms with van der Waals surface area (Å²) in [4.78, 5) is 6.73. The van der Waals surface area contributed by atoms with Crippen LogP contribution in [0.25, 0.3) is 10.9 Å².